The van der Waals surface area contributed by atoms with E-state index < -0.39 is 0 Å². The van der Waals surface area contributed by atoms with Crippen LogP contribution < -0.4 is 10.6 Å². The minimum atomic E-state index is -0.0612. The van der Waals surface area contributed by atoms with Crippen molar-refractivity contribution in [3.8, 4) is 0 Å². The maximum absolute atomic E-state index is 12.9. The Morgan fingerprint density at radius 2 is 1.67 bits per heavy atom. The molecule has 2 N–H and O–H groups in total. The number of carbonyl (C=O) groups is 2. The Bertz CT molecular complexity index is 1140. The maximum atomic E-state index is 12.9. The Kier molecular flexibility index (Phi) is 6.14. The molecule has 2 saturated carbocycles. The maximum Gasteiger partial charge on any atom is 0.251 e. The van der Waals surface area contributed by atoms with Gasteiger partial charge in [-0.25, -0.2) is 0 Å². The van der Waals surface area contributed by atoms with E-state index in [-0.39, 0.29) is 17.9 Å². The summed E-state index contributed by atoms with van der Waals surface area (Å²) in [6, 6.07) is 23.1. The second-order valence-corrected chi connectivity index (χ2v) is 9.44. The summed E-state index contributed by atoms with van der Waals surface area (Å²) in [4.78, 5) is 27.4. The van der Waals surface area contributed by atoms with Crippen LogP contribution in [0.3, 0.4) is 0 Å². The summed E-state index contributed by atoms with van der Waals surface area (Å²) in [7, 11) is 0. The smallest absolute Gasteiger partial charge is 0.251 e. The van der Waals surface area contributed by atoms with Gasteiger partial charge in [0.15, 0.2) is 0 Å². The molecule has 33 heavy (non-hydrogen) atoms. The molecule has 0 aromatic heterocycles. The van der Waals surface area contributed by atoms with E-state index in [9.17, 15) is 9.59 Å². The summed E-state index contributed by atoms with van der Waals surface area (Å²) in [5, 5.41) is 8.59. The molecule has 2 fully saturated rings. The van der Waals surface area contributed by atoms with Gasteiger partial charge in [-0.3, -0.25) is 14.5 Å². The topological polar surface area (TPSA) is 61.4 Å². The fourth-order valence-electron chi connectivity index (χ4n) is 4.42. The largest absolute Gasteiger partial charge is 0.349 e. The zero-order valence-corrected chi connectivity index (χ0v) is 19.1. The van der Waals surface area contributed by atoms with E-state index in [1.165, 1.54) is 10.8 Å². The summed E-state index contributed by atoms with van der Waals surface area (Å²) >= 11 is 0. The normalized spacial score (nSPS) is 16.5. The number of rotatable bonds is 9. The van der Waals surface area contributed by atoms with Gasteiger partial charge >= 0.3 is 0 Å². The molecule has 0 spiro atoms. The number of nitrogens with zero attached hydrogens (tertiary/aromatic N) is 1. The van der Waals surface area contributed by atoms with Gasteiger partial charge in [0.1, 0.15) is 0 Å². The van der Waals surface area contributed by atoms with E-state index in [2.05, 4.69) is 39.8 Å². The molecule has 5 nitrogen and oxygen atoms in total. The van der Waals surface area contributed by atoms with Gasteiger partial charge in [-0.05, 0) is 66.6 Å². The molecule has 170 valence electrons. The number of fused-ring (bicyclic) bond motifs is 1. The zero-order chi connectivity index (χ0) is 22.8. The highest BCUT2D eigenvalue weighted by Gasteiger charge is 2.30. The molecule has 0 radical (unpaired) electrons. The third-order valence-electron chi connectivity index (χ3n) is 6.59. The lowest BCUT2D eigenvalue weighted by Crippen LogP contribution is -2.39. The van der Waals surface area contributed by atoms with Crippen molar-refractivity contribution in [3.63, 3.8) is 0 Å². The molecule has 3 aromatic carbocycles. The zero-order valence-electron chi connectivity index (χ0n) is 19.1. The summed E-state index contributed by atoms with van der Waals surface area (Å²) in [5.74, 6) is 0.0488. The quantitative estimate of drug-likeness (QED) is 0.511. The van der Waals surface area contributed by atoms with E-state index in [1.54, 1.807) is 0 Å². The fourth-order valence-corrected chi connectivity index (χ4v) is 4.42. The lowest BCUT2D eigenvalue weighted by Gasteiger charge is -2.23. The molecule has 2 aliphatic carbocycles. The van der Waals surface area contributed by atoms with Crippen molar-refractivity contribution in [2.45, 2.75) is 57.3 Å². The molecular formula is C28H31N3O2. The van der Waals surface area contributed by atoms with Crippen LogP contribution in [0.25, 0.3) is 10.8 Å². The molecule has 0 aliphatic heterocycles. The summed E-state index contributed by atoms with van der Waals surface area (Å²) in [6.45, 7) is 3.14. The van der Waals surface area contributed by atoms with Crippen LogP contribution in [0.2, 0.25) is 0 Å². The van der Waals surface area contributed by atoms with E-state index in [0.717, 1.165) is 36.8 Å². The van der Waals surface area contributed by atoms with E-state index >= 15 is 0 Å². The lowest BCUT2D eigenvalue weighted by atomic mass is 10.00. The van der Waals surface area contributed by atoms with Crippen LogP contribution >= 0.6 is 0 Å². The first-order valence-electron chi connectivity index (χ1n) is 12.0. The molecule has 5 heteroatoms. The summed E-state index contributed by atoms with van der Waals surface area (Å²) in [6.07, 6.45) is 4.44. The highest BCUT2D eigenvalue weighted by atomic mass is 16.2. The third kappa shape index (κ3) is 5.42. The van der Waals surface area contributed by atoms with Crippen LogP contribution in [0, 0.1) is 0 Å². The molecule has 1 unspecified atom stereocenters. The first-order chi connectivity index (χ1) is 16.1. The Labute approximate surface area is 195 Å². The van der Waals surface area contributed by atoms with Crippen molar-refractivity contribution in [2.75, 3.05) is 6.54 Å². The molecule has 2 aliphatic rings. The van der Waals surface area contributed by atoms with Gasteiger partial charge in [-0.2, -0.15) is 0 Å². The molecule has 0 heterocycles. The lowest BCUT2D eigenvalue weighted by molar-refractivity contribution is -0.123. The summed E-state index contributed by atoms with van der Waals surface area (Å²) in [5.41, 5.74) is 2.96. The fraction of sp³-hybridized carbons (Fsp3) is 0.357. The van der Waals surface area contributed by atoms with Gasteiger partial charge in [0.2, 0.25) is 5.91 Å². The molecule has 0 saturated heterocycles. The van der Waals surface area contributed by atoms with Crippen LogP contribution in [-0.2, 0) is 11.3 Å². The van der Waals surface area contributed by atoms with Crippen LogP contribution in [-0.4, -0.2) is 35.3 Å². The van der Waals surface area contributed by atoms with Crippen molar-refractivity contribution in [1.29, 1.82) is 0 Å². The Balaban J connectivity index is 1.20. The molecular weight excluding hydrogens is 410 g/mol. The second-order valence-electron chi connectivity index (χ2n) is 9.44. The minimum absolute atomic E-state index is 0.00454. The molecule has 0 bridgehead atoms. The van der Waals surface area contributed by atoms with Gasteiger partial charge in [-0.15, -0.1) is 0 Å². The number of benzene rings is 3. The molecule has 1 atom stereocenters. The number of hydrogen-bond acceptors (Lipinski definition) is 3. The number of carbonyl (C=O) groups excluding carboxylic acids is 2. The minimum Gasteiger partial charge on any atom is -0.349 e. The third-order valence-corrected chi connectivity index (χ3v) is 6.59. The van der Waals surface area contributed by atoms with Gasteiger partial charge < -0.3 is 10.6 Å². The van der Waals surface area contributed by atoms with E-state index in [4.69, 9.17) is 0 Å². The van der Waals surface area contributed by atoms with Gasteiger partial charge in [0, 0.05) is 24.2 Å². The second kappa shape index (κ2) is 9.36. The van der Waals surface area contributed by atoms with Crippen LogP contribution in [0.1, 0.15) is 60.1 Å². The standard InChI is InChI=1S/C28H31N3O2/c1-19(25-8-4-6-21-5-2-3-7-26(21)25)29-27(32)18-31(24-15-16-24)17-20-9-11-22(12-10-20)28(33)30-23-13-14-23/h2-12,19,23-24H,13-18H2,1H3,(H,29,32)(H,30,33). The highest BCUT2D eigenvalue weighted by molar-refractivity contribution is 5.94. The molecule has 3 aromatic rings. The molecule has 5 rings (SSSR count). The number of amides is 2. The average molecular weight is 442 g/mol. The van der Waals surface area contributed by atoms with Crippen molar-refractivity contribution >= 4 is 22.6 Å². The predicted molar refractivity (Wildman–Crippen MR) is 131 cm³/mol. The number of hydrogen-bond donors (Lipinski definition) is 2. The Hall–Kier alpha value is -3.18. The average Bonchev–Trinajstić information content (AvgIpc) is 3.73. The first kappa shape index (κ1) is 21.7. The van der Waals surface area contributed by atoms with Crippen LogP contribution in [0.15, 0.2) is 66.7 Å². The summed E-state index contributed by atoms with van der Waals surface area (Å²) < 4.78 is 0. The SMILES string of the molecule is CC(NC(=O)CN(Cc1ccc(C(=O)NC2CC2)cc1)C1CC1)c1cccc2ccccc12. The van der Waals surface area contributed by atoms with E-state index in [0.29, 0.717) is 30.7 Å². The monoisotopic (exact) mass is 441 g/mol. The van der Waals surface area contributed by atoms with Crippen molar-refractivity contribution in [1.82, 2.24) is 15.5 Å². The van der Waals surface area contributed by atoms with Crippen molar-refractivity contribution < 1.29 is 9.59 Å². The van der Waals surface area contributed by atoms with Crippen molar-refractivity contribution in [3.05, 3.63) is 83.4 Å². The Morgan fingerprint density at radius 3 is 2.39 bits per heavy atom. The van der Waals surface area contributed by atoms with Crippen LogP contribution in [0.4, 0.5) is 0 Å². The number of nitrogens with one attached hydrogen (secondary N) is 2. The van der Waals surface area contributed by atoms with Gasteiger partial charge in [0.05, 0.1) is 12.6 Å². The van der Waals surface area contributed by atoms with E-state index in [1.807, 2.05) is 49.4 Å². The van der Waals surface area contributed by atoms with Gasteiger partial charge in [0.25, 0.3) is 5.91 Å². The van der Waals surface area contributed by atoms with Crippen LogP contribution in [0.5, 0.6) is 0 Å². The highest BCUT2D eigenvalue weighted by Crippen LogP contribution is 2.29. The van der Waals surface area contributed by atoms with Gasteiger partial charge in [-0.1, -0.05) is 54.6 Å². The first-order valence-corrected chi connectivity index (χ1v) is 12.0. The molecule has 2 amide bonds. The van der Waals surface area contributed by atoms with Crippen molar-refractivity contribution in [2.24, 2.45) is 0 Å². The Morgan fingerprint density at radius 1 is 0.939 bits per heavy atom. The predicted octanol–water partition coefficient (Wildman–Crippen LogP) is 4.57.